The van der Waals surface area contributed by atoms with Crippen LogP contribution < -0.4 is 0 Å². The minimum absolute atomic E-state index is 0.00477. The normalized spacial score (nSPS) is 39.6. The largest absolute Gasteiger partial charge is 0.382 e. The van der Waals surface area contributed by atoms with Gasteiger partial charge in [-0.1, -0.05) is 0 Å². The Bertz CT molecular complexity index is 155. The van der Waals surface area contributed by atoms with Crippen LogP contribution in [0.4, 0.5) is 0 Å². The van der Waals surface area contributed by atoms with Crippen LogP contribution in [-0.2, 0) is 18.9 Å². The van der Waals surface area contributed by atoms with E-state index in [1.54, 1.807) is 21.3 Å². The Morgan fingerprint density at radius 2 is 1.77 bits per heavy atom. The van der Waals surface area contributed by atoms with Crippen molar-refractivity contribution in [2.75, 3.05) is 27.9 Å². The molecular weight excluding hydrogens is 171 g/mol. The predicted molar refractivity (Wildman–Crippen MR) is 50.7 cm³/mol. The van der Waals surface area contributed by atoms with Gasteiger partial charge in [0.2, 0.25) is 0 Å². The molecule has 0 aromatic rings. The summed E-state index contributed by atoms with van der Waals surface area (Å²) in [6.45, 7) is 0.544. The zero-order valence-electron chi connectivity index (χ0n) is 8.65. The van der Waals surface area contributed by atoms with Gasteiger partial charge >= 0.3 is 0 Å². The maximum atomic E-state index is 5.63. The van der Waals surface area contributed by atoms with Crippen molar-refractivity contribution in [2.45, 2.75) is 24.3 Å². The summed E-state index contributed by atoms with van der Waals surface area (Å²) in [5.41, 5.74) is 0. The van der Waals surface area contributed by atoms with Crippen LogP contribution in [0.3, 0.4) is 0 Å². The third-order valence-corrected chi connectivity index (χ3v) is 2.42. The van der Waals surface area contributed by atoms with Gasteiger partial charge in [-0.2, -0.15) is 0 Å². The smallest absolute Gasteiger partial charge is 0.142 e. The zero-order valence-corrected chi connectivity index (χ0v) is 8.65. The number of methoxy groups -OCH3 is 3. The summed E-state index contributed by atoms with van der Waals surface area (Å²) in [7, 11) is 6.98. The summed E-state index contributed by atoms with van der Waals surface area (Å²) in [5.74, 6) is 0. The van der Waals surface area contributed by atoms with Crippen molar-refractivity contribution in [2.24, 2.45) is 0 Å². The molecule has 1 saturated heterocycles. The molecule has 0 spiro atoms. The molecule has 4 atom stereocenters. The number of rotatable bonds is 4. The Kier molecular flexibility index (Phi) is 4.19. The summed E-state index contributed by atoms with van der Waals surface area (Å²) in [5, 5.41) is 0. The van der Waals surface area contributed by atoms with Gasteiger partial charge in [-0.05, 0) is 0 Å². The van der Waals surface area contributed by atoms with Gasteiger partial charge in [0.15, 0.2) is 0 Å². The average Bonchev–Trinajstić information content (AvgIpc) is 2.41. The van der Waals surface area contributed by atoms with E-state index < -0.39 is 0 Å². The standard InChI is InChI=1S/C8H17BO4/c1-10-4-5-6(11-2)7(12-3)8(9)13-5/h5-8H,4,9H2,1-3H3. The van der Waals surface area contributed by atoms with Crippen LogP contribution in [0.15, 0.2) is 0 Å². The number of ether oxygens (including phenoxy) is 4. The highest BCUT2D eigenvalue weighted by atomic mass is 16.6. The van der Waals surface area contributed by atoms with Crippen molar-refractivity contribution < 1.29 is 18.9 Å². The Morgan fingerprint density at radius 3 is 2.23 bits per heavy atom. The van der Waals surface area contributed by atoms with E-state index in [4.69, 9.17) is 18.9 Å². The van der Waals surface area contributed by atoms with Crippen LogP contribution in [0.5, 0.6) is 0 Å². The lowest BCUT2D eigenvalue weighted by Crippen LogP contribution is -2.37. The molecule has 5 heteroatoms. The molecule has 1 heterocycles. The lowest BCUT2D eigenvalue weighted by molar-refractivity contribution is -0.0463. The quantitative estimate of drug-likeness (QED) is 0.531. The molecule has 0 N–H and O–H groups in total. The Morgan fingerprint density at radius 1 is 1.15 bits per heavy atom. The van der Waals surface area contributed by atoms with Crippen molar-refractivity contribution in [3.63, 3.8) is 0 Å². The van der Waals surface area contributed by atoms with Gasteiger partial charge < -0.3 is 18.9 Å². The number of hydrogen-bond acceptors (Lipinski definition) is 4. The molecule has 4 nitrogen and oxygen atoms in total. The minimum atomic E-state index is -0.0278. The topological polar surface area (TPSA) is 36.9 Å². The van der Waals surface area contributed by atoms with E-state index in [-0.39, 0.29) is 24.3 Å². The van der Waals surface area contributed by atoms with E-state index in [1.165, 1.54) is 0 Å². The maximum Gasteiger partial charge on any atom is 0.142 e. The van der Waals surface area contributed by atoms with Crippen LogP contribution in [0, 0.1) is 0 Å². The molecule has 0 amide bonds. The molecule has 4 unspecified atom stereocenters. The first kappa shape index (κ1) is 11.0. The molecule has 0 aromatic carbocycles. The predicted octanol–water partition coefficient (Wildman–Crippen LogP) is -0.979. The van der Waals surface area contributed by atoms with Gasteiger partial charge in [-0.15, -0.1) is 0 Å². The van der Waals surface area contributed by atoms with E-state index >= 15 is 0 Å². The molecule has 76 valence electrons. The third-order valence-electron chi connectivity index (χ3n) is 2.42. The van der Waals surface area contributed by atoms with Crippen LogP contribution in [0.1, 0.15) is 0 Å². The second kappa shape index (κ2) is 4.95. The van der Waals surface area contributed by atoms with Gasteiger partial charge in [0.25, 0.3) is 0 Å². The maximum absolute atomic E-state index is 5.63. The molecule has 0 aliphatic carbocycles. The highest BCUT2D eigenvalue weighted by Crippen LogP contribution is 2.24. The molecule has 13 heavy (non-hydrogen) atoms. The van der Waals surface area contributed by atoms with Gasteiger partial charge in [0, 0.05) is 21.3 Å². The minimum Gasteiger partial charge on any atom is -0.382 e. The Labute approximate surface area is 79.9 Å². The lowest BCUT2D eigenvalue weighted by atomic mass is 9.93. The molecule has 1 fully saturated rings. The van der Waals surface area contributed by atoms with Crippen LogP contribution in [0.25, 0.3) is 0 Å². The Balaban J connectivity index is 2.57. The van der Waals surface area contributed by atoms with Gasteiger partial charge in [-0.25, -0.2) is 0 Å². The molecule has 1 aliphatic rings. The van der Waals surface area contributed by atoms with Gasteiger partial charge in [0.05, 0.1) is 12.6 Å². The van der Waals surface area contributed by atoms with Crippen molar-refractivity contribution in [3.8, 4) is 0 Å². The average molecular weight is 188 g/mol. The molecule has 0 saturated carbocycles. The molecule has 1 aliphatic heterocycles. The molecule has 0 radical (unpaired) electrons. The van der Waals surface area contributed by atoms with E-state index in [9.17, 15) is 0 Å². The monoisotopic (exact) mass is 188 g/mol. The van der Waals surface area contributed by atoms with Gasteiger partial charge in [0.1, 0.15) is 26.2 Å². The highest BCUT2D eigenvalue weighted by Gasteiger charge is 2.42. The van der Waals surface area contributed by atoms with Crippen LogP contribution >= 0.6 is 0 Å². The second-order valence-corrected chi connectivity index (χ2v) is 3.24. The molecule has 1 rings (SSSR count). The summed E-state index contributed by atoms with van der Waals surface area (Å²) < 4.78 is 21.3. The van der Waals surface area contributed by atoms with E-state index in [0.29, 0.717) is 6.61 Å². The summed E-state index contributed by atoms with van der Waals surface area (Å²) in [4.78, 5) is 0. The van der Waals surface area contributed by atoms with Gasteiger partial charge in [-0.3, -0.25) is 0 Å². The fourth-order valence-electron chi connectivity index (χ4n) is 1.82. The summed E-state index contributed by atoms with van der Waals surface area (Å²) in [6, 6.07) is 0.0649. The van der Waals surface area contributed by atoms with E-state index in [2.05, 4.69) is 0 Å². The molecule has 0 bridgehead atoms. The highest BCUT2D eigenvalue weighted by molar-refractivity contribution is 6.11. The first-order valence-corrected chi connectivity index (χ1v) is 4.44. The van der Waals surface area contributed by atoms with Crippen molar-refractivity contribution in [3.05, 3.63) is 0 Å². The van der Waals surface area contributed by atoms with E-state index in [1.807, 2.05) is 7.85 Å². The molecule has 0 aromatic heterocycles. The first-order valence-electron chi connectivity index (χ1n) is 4.44. The fourth-order valence-corrected chi connectivity index (χ4v) is 1.82. The van der Waals surface area contributed by atoms with Crippen molar-refractivity contribution in [1.82, 2.24) is 0 Å². The number of hydrogen-bond donors (Lipinski definition) is 0. The third kappa shape index (κ3) is 2.23. The SMILES string of the molecule is BC1OC(COC)C(OC)C1OC. The van der Waals surface area contributed by atoms with Crippen LogP contribution in [-0.4, -0.2) is 60.1 Å². The zero-order chi connectivity index (χ0) is 9.84. The Hall–Kier alpha value is -0.0951. The lowest BCUT2D eigenvalue weighted by Gasteiger charge is -2.20. The summed E-state index contributed by atoms with van der Waals surface area (Å²) >= 11 is 0. The van der Waals surface area contributed by atoms with Crippen molar-refractivity contribution in [1.29, 1.82) is 0 Å². The molecular formula is C8H17BO4. The van der Waals surface area contributed by atoms with Crippen molar-refractivity contribution >= 4 is 7.85 Å². The first-order chi connectivity index (χ1) is 6.24. The van der Waals surface area contributed by atoms with Crippen LogP contribution in [0.2, 0.25) is 0 Å². The summed E-state index contributed by atoms with van der Waals surface area (Å²) in [6.07, 6.45) is -0.0416. The second-order valence-electron chi connectivity index (χ2n) is 3.24. The fraction of sp³-hybridized carbons (Fsp3) is 1.00. The van der Waals surface area contributed by atoms with E-state index in [0.717, 1.165) is 0 Å².